The Morgan fingerprint density at radius 3 is 2.45 bits per heavy atom. The second kappa shape index (κ2) is 10.0. The number of benzene rings is 2. The van der Waals surface area contributed by atoms with Gasteiger partial charge in [-0.05, 0) is 30.7 Å². The minimum atomic E-state index is -0.283. The minimum absolute atomic E-state index is 0.120. The van der Waals surface area contributed by atoms with Crippen molar-refractivity contribution in [2.45, 2.75) is 13.3 Å². The van der Waals surface area contributed by atoms with Crippen molar-refractivity contribution in [2.75, 3.05) is 18.5 Å². The number of anilines is 1. The summed E-state index contributed by atoms with van der Waals surface area (Å²) in [6.45, 7) is 1.96. The van der Waals surface area contributed by atoms with Gasteiger partial charge in [-0.15, -0.1) is 0 Å². The maximum Gasteiger partial charge on any atom is 0.257 e. The van der Waals surface area contributed by atoms with E-state index in [4.69, 9.17) is 4.74 Å². The molecule has 0 unspecified atom stereocenters. The van der Waals surface area contributed by atoms with Crippen LogP contribution in [0.1, 0.15) is 12.1 Å². The third-order valence-corrected chi connectivity index (χ3v) is 4.16. The number of aryl methyl sites for hydroxylation is 1. The highest BCUT2D eigenvalue weighted by Crippen LogP contribution is 2.29. The second-order valence-corrected chi connectivity index (χ2v) is 6.46. The van der Waals surface area contributed by atoms with Gasteiger partial charge in [-0.2, -0.15) is 0 Å². The summed E-state index contributed by atoms with van der Waals surface area (Å²) < 4.78 is 5.70. The van der Waals surface area contributed by atoms with Crippen LogP contribution < -0.4 is 15.4 Å². The summed E-state index contributed by atoms with van der Waals surface area (Å²) in [5.41, 5.74) is 2.76. The first-order chi connectivity index (χ1) is 14.1. The van der Waals surface area contributed by atoms with Crippen molar-refractivity contribution in [3.05, 3.63) is 78.5 Å². The summed E-state index contributed by atoms with van der Waals surface area (Å²) in [4.78, 5) is 28.2. The Morgan fingerprint density at radius 2 is 1.66 bits per heavy atom. The molecule has 0 saturated carbocycles. The molecular weight excluding hydrogens is 366 g/mol. The first-order valence-corrected chi connectivity index (χ1v) is 9.39. The van der Waals surface area contributed by atoms with E-state index in [9.17, 15) is 9.59 Å². The Morgan fingerprint density at radius 1 is 0.897 bits per heavy atom. The summed E-state index contributed by atoms with van der Waals surface area (Å²) >= 11 is 0. The van der Waals surface area contributed by atoms with Crippen LogP contribution in [-0.4, -0.2) is 29.9 Å². The molecule has 2 amide bonds. The summed E-state index contributed by atoms with van der Waals surface area (Å²) in [5.74, 6) is 0.646. The van der Waals surface area contributed by atoms with Crippen LogP contribution in [0.15, 0.2) is 72.8 Å². The molecule has 0 aliphatic heterocycles. The third kappa shape index (κ3) is 6.17. The molecule has 0 spiro atoms. The zero-order valence-corrected chi connectivity index (χ0v) is 16.2. The van der Waals surface area contributed by atoms with E-state index < -0.39 is 0 Å². The van der Waals surface area contributed by atoms with Gasteiger partial charge < -0.3 is 15.4 Å². The Kier molecular flexibility index (Phi) is 6.95. The van der Waals surface area contributed by atoms with Gasteiger partial charge in [0.05, 0.1) is 0 Å². The van der Waals surface area contributed by atoms with Gasteiger partial charge in [0, 0.05) is 24.2 Å². The topological polar surface area (TPSA) is 80.3 Å². The van der Waals surface area contributed by atoms with Gasteiger partial charge >= 0.3 is 0 Å². The van der Waals surface area contributed by atoms with Crippen LogP contribution >= 0.6 is 0 Å². The number of amides is 2. The van der Waals surface area contributed by atoms with Crippen LogP contribution in [0.4, 0.5) is 5.82 Å². The van der Waals surface area contributed by atoms with Crippen LogP contribution in [0, 0.1) is 6.92 Å². The predicted octanol–water partition coefficient (Wildman–Crippen LogP) is 3.58. The number of nitrogens with zero attached hydrogens (tertiary/aromatic N) is 1. The molecule has 6 nitrogen and oxygen atoms in total. The summed E-state index contributed by atoms with van der Waals surface area (Å²) in [5, 5.41) is 5.40. The first-order valence-electron chi connectivity index (χ1n) is 9.39. The molecule has 0 radical (unpaired) electrons. The number of ether oxygens (including phenoxy) is 1. The molecule has 2 N–H and O–H groups in total. The maximum atomic E-state index is 12.1. The molecule has 1 aromatic heterocycles. The molecule has 3 aromatic rings. The van der Waals surface area contributed by atoms with E-state index in [0.29, 0.717) is 11.6 Å². The molecule has 6 heteroatoms. The van der Waals surface area contributed by atoms with Crippen LogP contribution in [0.5, 0.6) is 5.75 Å². The number of hydrogen-bond acceptors (Lipinski definition) is 4. The average molecular weight is 389 g/mol. The van der Waals surface area contributed by atoms with E-state index in [-0.39, 0.29) is 31.4 Å². The molecule has 3 rings (SSSR count). The Bertz CT molecular complexity index is 974. The number of nitrogens with one attached hydrogen (secondary N) is 2. The highest BCUT2D eigenvalue weighted by Gasteiger charge is 2.09. The van der Waals surface area contributed by atoms with Crippen molar-refractivity contribution in [3.8, 4) is 16.9 Å². The Balaban J connectivity index is 1.44. The lowest BCUT2D eigenvalue weighted by atomic mass is 10.1. The predicted molar refractivity (Wildman–Crippen MR) is 113 cm³/mol. The van der Waals surface area contributed by atoms with Crippen molar-refractivity contribution in [2.24, 2.45) is 0 Å². The number of hydrogen-bond donors (Lipinski definition) is 2. The minimum Gasteiger partial charge on any atom is -0.483 e. The van der Waals surface area contributed by atoms with Crippen molar-refractivity contribution in [3.63, 3.8) is 0 Å². The number of rotatable bonds is 8. The maximum absolute atomic E-state index is 12.1. The van der Waals surface area contributed by atoms with Gasteiger partial charge in [0.2, 0.25) is 5.91 Å². The highest BCUT2D eigenvalue weighted by molar-refractivity contribution is 5.90. The summed E-state index contributed by atoms with van der Waals surface area (Å²) in [6.07, 6.45) is 0.155. The van der Waals surface area contributed by atoms with Crippen LogP contribution in [0.2, 0.25) is 0 Å². The second-order valence-electron chi connectivity index (χ2n) is 6.46. The molecule has 0 atom stereocenters. The van der Waals surface area contributed by atoms with E-state index in [1.165, 1.54) is 0 Å². The lowest BCUT2D eigenvalue weighted by molar-refractivity contribution is -0.123. The van der Waals surface area contributed by atoms with E-state index in [0.717, 1.165) is 16.8 Å². The van der Waals surface area contributed by atoms with E-state index >= 15 is 0 Å². The lowest BCUT2D eigenvalue weighted by Crippen LogP contribution is -2.31. The van der Waals surface area contributed by atoms with Gasteiger partial charge in [0.25, 0.3) is 5.91 Å². The zero-order valence-electron chi connectivity index (χ0n) is 16.2. The normalized spacial score (nSPS) is 10.2. The molecule has 148 valence electrons. The Labute approximate surface area is 169 Å². The van der Waals surface area contributed by atoms with Crippen molar-refractivity contribution in [1.82, 2.24) is 10.3 Å². The number of aromatic nitrogens is 1. The van der Waals surface area contributed by atoms with E-state index in [1.54, 1.807) is 6.07 Å². The van der Waals surface area contributed by atoms with Crippen molar-refractivity contribution >= 4 is 17.6 Å². The number of carbonyl (C=O) groups excluding carboxylic acids is 2. The van der Waals surface area contributed by atoms with Gasteiger partial charge in [-0.1, -0.05) is 54.6 Å². The molecule has 29 heavy (non-hydrogen) atoms. The monoisotopic (exact) mass is 389 g/mol. The van der Waals surface area contributed by atoms with E-state index in [1.807, 2.05) is 73.7 Å². The fourth-order valence-corrected chi connectivity index (χ4v) is 2.78. The molecule has 0 aliphatic rings. The molecule has 2 aromatic carbocycles. The smallest absolute Gasteiger partial charge is 0.257 e. The molecular formula is C23H23N3O3. The van der Waals surface area contributed by atoms with Crippen molar-refractivity contribution < 1.29 is 14.3 Å². The fourth-order valence-electron chi connectivity index (χ4n) is 2.78. The first kappa shape index (κ1) is 20.1. The standard InChI is InChI=1S/C23H23N3O3/c1-17-8-7-13-21(25-17)26-22(27)14-15-24-23(28)16-29-20-12-6-5-11-19(20)18-9-3-2-4-10-18/h2-13H,14-16H2,1H3,(H,24,28)(H,25,26,27). The average Bonchev–Trinajstić information content (AvgIpc) is 2.73. The highest BCUT2D eigenvalue weighted by atomic mass is 16.5. The lowest BCUT2D eigenvalue weighted by Gasteiger charge is -2.12. The van der Waals surface area contributed by atoms with Gasteiger partial charge in [0.15, 0.2) is 6.61 Å². The number of carbonyl (C=O) groups is 2. The van der Waals surface area contributed by atoms with E-state index in [2.05, 4.69) is 15.6 Å². The van der Waals surface area contributed by atoms with Gasteiger partial charge in [0.1, 0.15) is 11.6 Å². The third-order valence-electron chi connectivity index (χ3n) is 4.16. The number of pyridine rings is 1. The molecule has 0 saturated heterocycles. The summed E-state index contributed by atoms with van der Waals surface area (Å²) in [7, 11) is 0. The summed E-state index contributed by atoms with van der Waals surface area (Å²) in [6, 6.07) is 22.8. The van der Waals surface area contributed by atoms with Crippen LogP contribution in [0.3, 0.4) is 0 Å². The zero-order chi connectivity index (χ0) is 20.5. The van der Waals surface area contributed by atoms with Crippen LogP contribution in [-0.2, 0) is 9.59 Å². The van der Waals surface area contributed by atoms with Gasteiger partial charge in [-0.25, -0.2) is 4.98 Å². The van der Waals surface area contributed by atoms with Crippen LogP contribution in [0.25, 0.3) is 11.1 Å². The molecule has 0 bridgehead atoms. The molecule has 0 aliphatic carbocycles. The SMILES string of the molecule is Cc1cccc(NC(=O)CCNC(=O)COc2ccccc2-c2ccccc2)n1. The fraction of sp³-hybridized carbons (Fsp3) is 0.174. The van der Waals surface area contributed by atoms with Gasteiger partial charge in [-0.3, -0.25) is 9.59 Å². The molecule has 0 fully saturated rings. The number of para-hydroxylation sites is 1. The Hall–Kier alpha value is -3.67. The quantitative estimate of drug-likeness (QED) is 0.617. The largest absolute Gasteiger partial charge is 0.483 e. The molecule has 1 heterocycles. The van der Waals surface area contributed by atoms with Crippen molar-refractivity contribution in [1.29, 1.82) is 0 Å².